The molecule has 0 saturated carbocycles. The summed E-state index contributed by atoms with van der Waals surface area (Å²) < 4.78 is 16.9. The number of carbonyl (C=O) groups is 1. The number of ether oxygens (including phenoxy) is 3. The molecule has 0 atom stereocenters. The Kier molecular flexibility index (Phi) is 7.59. The molecule has 0 spiro atoms. The number of aromatic nitrogens is 1. The number of aryl methyl sites for hydroxylation is 2. The number of rotatable bonds is 9. The fraction of sp³-hybridized carbons (Fsp3) is 0.208. The van der Waals surface area contributed by atoms with Crippen molar-refractivity contribution in [1.82, 2.24) is 10.4 Å². The Bertz CT molecular complexity index is 1050. The number of hydrogen-bond acceptors (Lipinski definition) is 6. The van der Waals surface area contributed by atoms with Gasteiger partial charge >= 0.3 is 0 Å². The third-order valence-electron chi connectivity index (χ3n) is 4.60. The Balaban J connectivity index is 1.52. The third-order valence-corrected chi connectivity index (χ3v) is 4.60. The minimum absolute atomic E-state index is 0.311. The summed E-state index contributed by atoms with van der Waals surface area (Å²) in [5.41, 5.74) is 6.14. The van der Waals surface area contributed by atoms with Gasteiger partial charge in [-0.2, -0.15) is 5.10 Å². The van der Waals surface area contributed by atoms with Crippen LogP contribution in [0, 0.1) is 13.8 Å². The van der Waals surface area contributed by atoms with Gasteiger partial charge in [-0.1, -0.05) is 6.07 Å². The molecule has 1 N–H and O–H groups in total. The van der Waals surface area contributed by atoms with Gasteiger partial charge in [0.2, 0.25) is 0 Å². The predicted octanol–water partition coefficient (Wildman–Crippen LogP) is 3.93. The van der Waals surface area contributed by atoms with Gasteiger partial charge in [0, 0.05) is 18.0 Å². The third kappa shape index (κ3) is 6.30. The molecule has 3 aromatic rings. The van der Waals surface area contributed by atoms with Gasteiger partial charge in [0.1, 0.15) is 19.0 Å². The Labute approximate surface area is 181 Å². The molecular weight excluding hydrogens is 394 g/mol. The van der Waals surface area contributed by atoms with Crippen LogP contribution >= 0.6 is 0 Å². The molecule has 0 aliphatic rings. The molecule has 0 radical (unpaired) electrons. The van der Waals surface area contributed by atoms with Crippen LogP contribution in [0.3, 0.4) is 0 Å². The van der Waals surface area contributed by atoms with Crippen molar-refractivity contribution in [2.24, 2.45) is 5.10 Å². The fourth-order valence-corrected chi connectivity index (χ4v) is 2.73. The van der Waals surface area contributed by atoms with Crippen LogP contribution in [0.15, 0.2) is 66.0 Å². The van der Waals surface area contributed by atoms with Crippen molar-refractivity contribution < 1.29 is 19.0 Å². The number of amides is 1. The zero-order valence-corrected chi connectivity index (χ0v) is 17.8. The zero-order chi connectivity index (χ0) is 22.1. The predicted molar refractivity (Wildman–Crippen MR) is 119 cm³/mol. The molecule has 0 saturated heterocycles. The average Bonchev–Trinajstić information content (AvgIpc) is 2.80. The van der Waals surface area contributed by atoms with Gasteiger partial charge in [0.15, 0.2) is 11.5 Å². The number of methoxy groups -OCH3 is 1. The van der Waals surface area contributed by atoms with Gasteiger partial charge < -0.3 is 14.2 Å². The second-order valence-corrected chi connectivity index (χ2v) is 6.79. The van der Waals surface area contributed by atoms with Crippen molar-refractivity contribution in [2.75, 3.05) is 20.3 Å². The lowest BCUT2D eigenvalue weighted by Gasteiger charge is -2.12. The van der Waals surface area contributed by atoms with E-state index in [0.29, 0.717) is 30.3 Å². The van der Waals surface area contributed by atoms with Crippen molar-refractivity contribution in [1.29, 1.82) is 0 Å². The van der Waals surface area contributed by atoms with Gasteiger partial charge in [-0.15, -0.1) is 0 Å². The maximum atomic E-state index is 12.0. The minimum atomic E-state index is -0.311. The van der Waals surface area contributed by atoms with E-state index in [9.17, 15) is 4.79 Å². The number of carbonyl (C=O) groups excluding carboxylic acids is 1. The first-order valence-electron chi connectivity index (χ1n) is 9.81. The number of nitrogens with zero attached hydrogens (tertiary/aromatic N) is 2. The second kappa shape index (κ2) is 10.8. The first-order chi connectivity index (χ1) is 15.1. The van der Waals surface area contributed by atoms with Crippen molar-refractivity contribution in [2.45, 2.75) is 13.8 Å². The van der Waals surface area contributed by atoms with E-state index in [1.807, 2.05) is 24.3 Å². The van der Waals surface area contributed by atoms with Crippen LogP contribution in [0.1, 0.15) is 27.0 Å². The lowest BCUT2D eigenvalue weighted by atomic mass is 10.1. The minimum Gasteiger partial charge on any atom is -0.493 e. The van der Waals surface area contributed by atoms with Gasteiger partial charge in [0.05, 0.1) is 13.3 Å². The summed E-state index contributed by atoms with van der Waals surface area (Å²) in [6, 6.07) is 14.6. The number of hydrogen-bond donors (Lipinski definition) is 1. The van der Waals surface area contributed by atoms with Gasteiger partial charge in [-0.05, 0) is 73.0 Å². The molecule has 7 heteroatoms. The lowest BCUT2D eigenvalue weighted by molar-refractivity contribution is 0.0955. The summed E-state index contributed by atoms with van der Waals surface area (Å²) in [5, 5.41) is 3.98. The van der Waals surface area contributed by atoms with E-state index >= 15 is 0 Å². The van der Waals surface area contributed by atoms with Crippen LogP contribution in [0.5, 0.6) is 17.2 Å². The van der Waals surface area contributed by atoms with Crippen LogP contribution in [0.4, 0.5) is 0 Å². The number of pyridine rings is 1. The van der Waals surface area contributed by atoms with E-state index in [4.69, 9.17) is 14.2 Å². The summed E-state index contributed by atoms with van der Waals surface area (Å²) in [7, 11) is 1.57. The molecule has 1 aromatic heterocycles. The molecule has 0 unspecified atom stereocenters. The normalized spacial score (nSPS) is 10.7. The first kappa shape index (κ1) is 21.8. The SMILES string of the molecule is COc1cc(/C=N/NC(=O)c2ccncc2)ccc1OCCOc1ccc(C)c(C)c1. The van der Waals surface area contributed by atoms with E-state index in [0.717, 1.165) is 11.3 Å². The van der Waals surface area contributed by atoms with Crippen molar-refractivity contribution >= 4 is 12.1 Å². The van der Waals surface area contributed by atoms with Crippen molar-refractivity contribution in [3.8, 4) is 17.2 Å². The van der Waals surface area contributed by atoms with Crippen molar-refractivity contribution in [3.05, 3.63) is 83.2 Å². The highest BCUT2D eigenvalue weighted by molar-refractivity contribution is 5.94. The lowest BCUT2D eigenvalue weighted by Crippen LogP contribution is -2.17. The maximum absolute atomic E-state index is 12.0. The van der Waals surface area contributed by atoms with E-state index in [2.05, 4.69) is 29.4 Å². The fourth-order valence-electron chi connectivity index (χ4n) is 2.73. The highest BCUT2D eigenvalue weighted by Crippen LogP contribution is 2.27. The summed E-state index contributed by atoms with van der Waals surface area (Å²) in [6.07, 6.45) is 4.64. The molecule has 0 aliphatic heterocycles. The van der Waals surface area contributed by atoms with Gasteiger partial charge in [0.25, 0.3) is 5.91 Å². The summed E-state index contributed by atoms with van der Waals surface area (Å²) >= 11 is 0. The van der Waals surface area contributed by atoms with E-state index in [-0.39, 0.29) is 5.91 Å². The van der Waals surface area contributed by atoms with Gasteiger partial charge in [-0.3, -0.25) is 9.78 Å². The standard InChI is InChI=1S/C24H25N3O4/c1-17-4-6-21(14-18(17)2)30-12-13-31-22-7-5-19(15-23(22)29-3)16-26-27-24(28)20-8-10-25-11-9-20/h4-11,14-16H,12-13H2,1-3H3,(H,27,28)/b26-16+. The number of nitrogens with one attached hydrogen (secondary N) is 1. The van der Waals surface area contributed by atoms with E-state index < -0.39 is 0 Å². The smallest absolute Gasteiger partial charge is 0.271 e. The molecule has 1 amide bonds. The van der Waals surface area contributed by atoms with Crippen LogP contribution in [-0.2, 0) is 0 Å². The highest BCUT2D eigenvalue weighted by Gasteiger charge is 2.06. The average molecular weight is 419 g/mol. The second-order valence-electron chi connectivity index (χ2n) is 6.79. The van der Waals surface area contributed by atoms with Crippen LogP contribution in [-0.4, -0.2) is 37.4 Å². The van der Waals surface area contributed by atoms with Crippen LogP contribution < -0.4 is 19.6 Å². The Morgan fingerprint density at radius 3 is 2.48 bits per heavy atom. The molecule has 0 bridgehead atoms. The van der Waals surface area contributed by atoms with Gasteiger partial charge in [-0.25, -0.2) is 5.43 Å². The Hall–Kier alpha value is -3.87. The monoisotopic (exact) mass is 419 g/mol. The molecule has 0 aliphatic carbocycles. The van der Waals surface area contributed by atoms with Crippen molar-refractivity contribution in [3.63, 3.8) is 0 Å². The zero-order valence-electron chi connectivity index (χ0n) is 17.8. The van der Waals surface area contributed by atoms with Crippen LogP contribution in [0.25, 0.3) is 0 Å². The molecule has 160 valence electrons. The van der Waals surface area contributed by atoms with Crippen LogP contribution in [0.2, 0.25) is 0 Å². The largest absolute Gasteiger partial charge is 0.493 e. The quantitative estimate of drug-likeness (QED) is 0.323. The molecule has 0 fully saturated rings. The number of hydrazone groups is 1. The summed E-state index contributed by atoms with van der Waals surface area (Å²) in [4.78, 5) is 15.9. The Morgan fingerprint density at radius 2 is 1.74 bits per heavy atom. The molecular formula is C24H25N3O4. The highest BCUT2D eigenvalue weighted by atomic mass is 16.5. The molecule has 2 aromatic carbocycles. The Morgan fingerprint density at radius 1 is 0.968 bits per heavy atom. The van der Waals surface area contributed by atoms with E-state index in [1.165, 1.54) is 17.3 Å². The van der Waals surface area contributed by atoms with E-state index in [1.54, 1.807) is 43.8 Å². The molecule has 31 heavy (non-hydrogen) atoms. The molecule has 1 heterocycles. The molecule has 3 rings (SSSR count). The topological polar surface area (TPSA) is 82.0 Å². The molecule has 7 nitrogen and oxygen atoms in total. The number of benzene rings is 2. The summed E-state index contributed by atoms with van der Waals surface area (Å²) in [6.45, 7) is 4.91. The maximum Gasteiger partial charge on any atom is 0.271 e. The summed E-state index contributed by atoms with van der Waals surface area (Å²) in [5.74, 6) is 1.67. The first-order valence-corrected chi connectivity index (χ1v) is 9.81.